The quantitative estimate of drug-likeness (QED) is 0.565. The van der Waals surface area contributed by atoms with Crippen molar-refractivity contribution in [1.82, 2.24) is 0 Å². The number of methoxy groups -OCH3 is 1. The molecule has 0 bridgehead atoms. The number of benzene rings is 3. The van der Waals surface area contributed by atoms with Gasteiger partial charge in [-0.15, -0.1) is 0 Å². The van der Waals surface area contributed by atoms with E-state index in [1.165, 1.54) is 0 Å². The standard InChI is InChI=1S/C28H26N2O3/c1-18-16-23-26(25(31)17-18)27(19-12-14-21(33-2)15-13-19)30(24-11-7-6-10-22(24)29-23)28(32)20-8-4-3-5-9-20/h3-15,18,27,29H,16-17H2,1-2H3/t18-,27+/m0/s1. The van der Waals surface area contributed by atoms with E-state index in [2.05, 4.69) is 12.2 Å². The highest BCUT2D eigenvalue weighted by Gasteiger charge is 2.40. The summed E-state index contributed by atoms with van der Waals surface area (Å²) in [6.07, 6.45) is 1.23. The van der Waals surface area contributed by atoms with Gasteiger partial charge in [-0.2, -0.15) is 0 Å². The van der Waals surface area contributed by atoms with Crippen molar-refractivity contribution in [1.29, 1.82) is 0 Å². The number of nitrogens with one attached hydrogen (secondary N) is 1. The Morgan fingerprint density at radius 1 is 0.939 bits per heavy atom. The van der Waals surface area contributed by atoms with Gasteiger partial charge in [0.1, 0.15) is 5.75 Å². The highest BCUT2D eigenvalue weighted by molar-refractivity contribution is 6.11. The van der Waals surface area contributed by atoms with Crippen LogP contribution in [-0.2, 0) is 4.79 Å². The first kappa shape index (κ1) is 21.0. The Kier molecular flexibility index (Phi) is 5.47. The van der Waals surface area contributed by atoms with E-state index in [4.69, 9.17) is 4.74 Å². The van der Waals surface area contributed by atoms with Gasteiger partial charge in [-0.1, -0.05) is 49.4 Å². The third-order valence-corrected chi connectivity index (χ3v) is 6.36. The Balaban J connectivity index is 1.77. The molecule has 33 heavy (non-hydrogen) atoms. The van der Waals surface area contributed by atoms with E-state index in [9.17, 15) is 9.59 Å². The first-order valence-electron chi connectivity index (χ1n) is 11.2. The van der Waals surface area contributed by atoms with Crippen molar-refractivity contribution >= 4 is 23.1 Å². The lowest BCUT2D eigenvalue weighted by molar-refractivity contribution is -0.117. The number of anilines is 2. The summed E-state index contributed by atoms with van der Waals surface area (Å²) in [5.41, 5.74) is 4.59. The van der Waals surface area contributed by atoms with Crippen molar-refractivity contribution < 1.29 is 14.3 Å². The number of hydrogen-bond acceptors (Lipinski definition) is 4. The third-order valence-electron chi connectivity index (χ3n) is 6.36. The molecule has 0 fully saturated rings. The maximum atomic E-state index is 14.0. The smallest absolute Gasteiger partial charge is 0.259 e. The zero-order valence-electron chi connectivity index (χ0n) is 18.7. The fourth-order valence-electron chi connectivity index (χ4n) is 4.83. The van der Waals surface area contributed by atoms with Crippen molar-refractivity contribution in [3.05, 3.63) is 101 Å². The van der Waals surface area contributed by atoms with Gasteiger partial charge in [0.2, 0.25) is 0 Å². The Morgan fingerprint density at radius 3 is 2.36 bits per heavy atom. The topological polar surface area (TPSA) is 58.6 Å². The van der Waals surface area contributed by atoms with E-state index in [1.807, 2.05) is 78.9 Å². The summed E-state index contributed by atoms with van der Waals surface area (Å²) in [4.78, 5) is 29.3. The molecule has 0 radical (unpaired) electrons. The Labute approximate surface area is 193 Å². The van der Waals surface area contributed by atoms with E-state index >= 15 is 0 Å². The van der Waals surface area contributed by atoms with Gasteiger partial charge in [-0.05, 0) is 54.3 Å². The number of carbonyl (C=O) groups excluding carboxylic acids is 2. The summed E-state index contributed by atoms with van der Waals surface area (Å²) < 4.78 is 5.35. The van der Waals surface area contributed by atoms with Crippen LogP contribution in [0.1, 0.15) is 41.7 Å². The molecule has 3 aromatic carbocycles. The minimum atomic E-state index is -0.547. The number of ketones is 1. The Hall–Kier alpha value is -3.86. The molecule has 0 aromatic heterocycles. The predicted molar refractivity (Wildman–Crippen MR) is 129 cm³/mol. The maximum Gasteiger partial charge on any atom is 0.259 e. The van der Waals surface area contributed by atoms with Gasteiger partial charge in [0.15, 0.2) is 5.78 Å². The molecule has 2 aliphatic rings. The third kappa shape index (κ3) is 3.80. The number of allylic oxidation sites excluding steroid dienone is 1. The Morgan fingerprint density at radius 2 is 1.64 bits per heavy atom. The lowest BCUT2D eigenvalue weighted by atomic mass is 9.81. The molecule has 1 aliphatic heterocycles. The van der Waals surface area contributed by atoms with Crippen LogP contribution in [-0.4, -0.2) is 18.8 Å². The second-order valence-corrected chi connectivity index (χ2v) is 8.69. The number of carbonyl (C=O) groups is 2. The average Bonchev–Trinajstić information content (AvgIpc) is 2.98. The molecule has 166 valence electrons. The van der Waals surface area contributed by atoms with Crippen LogP contribution in [0.15, 0.2) is 90.1 Å². The molecule has 0 spiro atoms. The Bertz CT molecular complexity index is 1230. The number of nitrogens with zero attached hydrogens (tertiary/aromatic N) is 1. The van der Waals surface area contributed by atoms with Crippen molar-refractivity contribution in [3.8, 4) is 5.75 Å². The van der Waals surface area contributed by atoms with Crippen LogP contribution in [0.4, 0.5) is 11.4 Å². The molecule has 1 N–H and O–H groups in total. The van der Waals surface area contributed by atoms with E-state index in [0.717, 1.165) is 34.8 Å². The van der Waals surface area contributed by atoms with Crippen LogP contribution in [0.5, 0.6) is 5.75 Å². The normalized spacial score (nSPS) is 19.8. The van der Waals surface area contributed by atoms with E-state index < -0.39 is 6.04 Å². The predicted octanol–water partition coefficient (Wildman–Crippen LogP) is 5.76. The second-order valence-electron chi connectivity index (χ2n) is 8.69. The van der Waals surface area contributed by atoms with Crippen LogP contribution < -0.4 is 15.0 Å². The second kappa shape index (κ2) is 8.58. The highest BCUT2D eigenvalue weighted by atomic mass is 16.5. The summed E-state index contributed by atoms with van der Waals surface area (Å²) in [6.45, 7) is 2.09. The molecule has 0 saturated heterocycles. The molecule has 2 atom stereocenters. The van der Waals surface area contributed by atoms with Gasteiger partial charge in [0.05, 0.1) is 24.5 Å². The molecular weight excluding hydrogens is 412 g/mol. The van der Waals surface area contributed by atoms with E-state index in [-0.39, 0.29) is 17.6 Å². The first-order chi connectivity index (χ1) is 16.1. The van der Waals surface area contributed by atoms with Crippen molar-refractivity contribution in [2.45, 2.75) is 25.8 Å². The minimum absolute atomic E-state index is 0.0794. The zero-order chi connectivity index (χ0) is 22.9. The van der Waals surface area contributed by atoms with Crippen molar-refractivity contribution in [2.24, 2.45) is 5.92 Å². The number of para-hydroxylation sites is 2. The van der Waals surface area contributed by atoms with Crippen LogP contribution in [0, 0.1) is 5.92 Å². The van der Waals surface area contributed by atoms with Crippen LogP contribution in [0.3, 0.4) is 0 Å². The summed E-state index contributed by atoms with van der Waals surface area (Å²) >= 11 is 0. The van der Waals surface area contributed by atoms with Gasteiger partial charge in [0, 0.05) is 23.3 Å². The number of rotatable bonds is 3. The van der Waals surface area contributed by atoms with E-state index in [1.54, 1.807) is 12.0 Å². The molecule has 0 unspecified atom stereocenters. The molecule has 1 amide bonds. The minimum Gasteiger partial charge on any atom is -0.497 e. The zero-order valence-corrected chi connectivity index (χ0v) is 18.7. The van der Waals surface area contributed by atoms with Crippen LogP contribution in [0.25, 0.3) is 0 Å². The van der Waals surface area contributed by atoms with Gasteiger partial charge in [-0.3, -0.25) is 14.5 Å². The number of ether oxygens (including phenoxy) is 1. The van der Waals surface area contributed by atoms with Gasteiger partial charge < -0.3 is 10.1 Å². The number of Topliss-reactive ketones (excluding diaryl/α,β-unsaturated/α-hetero) is 1. The lowest BCUT2D eigenvalue weighted by Crippen LogP contribution is -2.38. The highest BCUT2D eigenvalue weighted by Crippen LogP contribution is 2.46. The first-order valence-corrected chi connectivity index (χ1v) is 11.2. The molecular formula is C28H26N2O3. The fourth-order valence-corrected chi connectivity index (χ4v) is 4.83. The maximum absolute atomic E-state index is 14.0. The fraction of sp³-hybridized carbons (Fsp3) is 0.214. The largest absolute Gasteiger partial charge is 0.497 e. The molecule has 3 aromatic rings. The number of fused-ring (bicyclic) bond motifs is 1. The molecule has 5 heteroatoms. The summed E-state index contributed by atoms with van der Waals surface area (Å²) in [6, 6.07) is 24.1. The SMILES string of the molecule is COc1ccc([C@@H]2C3=C(C[C@H](C)CC3=O)Nc3ccccc3N2C(=O)c2ccccc2)cc1. The van der Waals surface area contributed by atoms with Crippen molar-refractivity contribution in [2.75, 3.05) is 17.3 Å². The van der Waals surface area contributed by atoms with Crippen molar-refractivity contribution in [3.63, 3.8) is 0 Å². The molecule has 5 nitrogen and oxygen atoms in total. The summed E-state index contributed by atoms with van der Waals surface area (Å²) in [5.74, 6) is 0.898. The monoisotopic (exact) mass is 438 g/mol. The molecule has 1 aliphatic carbocycles. The molecule has 1 heterocycles. The molecule has 5 rings (SSSR count). The lowest BCUT2D eigenvalue weighted by Gasteiger charge is -2.34. The number of amides is 1. The van der Waals surface area contributed by atoms with Gasteiger partial charge >= 0.3 is 0 Å². The average molecular weight is 439 g/mol. The van der Waals surface area contributed by atoms with E-state index in [0.29, 0.717) is 17.6 Å². The number of hydrogen-bond donors (Lipinski definition) is 1. The van der Waals surface area contributed by atoms with Gasteiger partial charge in [-0.25, -0.2) is 0 Å². The van der Waals surface area contributed by atoms with Gasteiger partial charge in [0.25, 0.3) is 5.91 Å². The summed E-state index contributed by atoms with van der Waals surface area (Å²) in [5, 5.41) is 3.52. The molecule has 0 saturated carbocycles. The summed E-state index contributed by atoms with van der Waals surface area (Å²) in [7, 11) is 1.62. The van der Waals surface area contributed by atoms with Crippen LogP contribution in [0.2, 0.25) is 0 Å². The van der Waals surface area contributed by atoms with Crippen LogP contribution >= 0.6 is 0 Å².